The molecule has 0 amide bonds. The number of carbonyl (C=O) groups is 1. The highest BCUT2D eigenvalue weighted by molar-refractivity contribution is 6.31. The van der Waals surface area contributed by atoms with Crippen LogP contribution in [0.2, 0.25) is 5.02 Å². The fourth-order valence-corrected chi connectivity index (χ4v) is 2.98. The monoisotopic (exact) mass is 433 g/mol. The van der Waals surface area contributed by atoms with Crippen LogP contribution in [-0.2, 0) is 9.53 Å². The van der Waals surface area contributed by atoms with Gasteiger partial charge in [-0.3, -0.25) is 4.79 Å². The number of hydrogen-bond acceptors (Lipinski definition) is 7. The summed E-state index contributed by atoms with van der Waals surface area (Å²) in [7, 11) is 2.92. The summed E-state index contributed by atoms with van der Waals surface area (Å²) in [6, 6.07) is 7.86. The molecule has 0 aliphatic heterocycles. The van der Waals surface area contributed by atoms with Crippen LogP contribution in [0.15, 0.2) is 36.7 Å². The highest BCUT2D eigenvalue weighted by Gasteiger charge is 2.13. The number of nitrogens with one attached hydrogen (secondary N) is 1. The van der Waals surface area contributed by atoms with E-state index in [4.69, 9.17) is 21.1 Å². The van der Waals surface area contributed by atoms with Crippen molar-refractivity contribution in [1.82, 2.24) is 9.97 Å². The number of nitrogens with zero attached hydrogens (tertiary/aromatic N) is 2. The molecule has 0 fully saturated rings. The summed E-state index contributed by atoms with van der Waals surface area (Å²) in [4.78, 5) is 19.7. The molecule has 7 nitrogen and oxygen atoms in total. The number of benzene rings is 2. The van der Waals surface area contributed by atoms with E-state index in [0.29, 0.717) is 59.8 Å². The van der Waals surface area contributed by atoms with Gasteiger partial charge >= 0.3 is 5.97 Å². The molecule has 2 aromatic carbocycles. The highest BCUT2D eigenvalue weighted by atomic mass is 35.5. The van der Waals surface area contributed by atoms with E-state index in [-0.39, 0.29) is 11.0 Å². The lowest BCUT2D eigenvalue weighted by Crippen LogP contribution is -2.04. The maximum Gasteiger partial charge on any atom is 0.305 e. The van der Waals surface area contributed by atoms with Crippen molar-refractivity contribution in [3.05, 3.63) is 47.5 Å². The Morgan fingerprint density at radius 1 is 1.13 bits per heavy atom. The van der Waals surface area contributed by atoms with E-state index in [1.807, 2.05) is 0 Å². The average molecular weight is 434 g/mol. The van der Waals surface area contributed by atoms with Crippen molar-refractivity contribution in [2.45, 2.75) is 19.3 Å². The molecule has 0 radical (unpaired) electrons. The molecular formula is C21H21ClFN3O4. The highest BCUT2D eigenvalue weighted by Crippen LogP contribution is 2.35. The second-order valence-corrected chi connectivity index (χ2v) is 6.79. The minimum absolute atomic E-state index is 0.0102. The predicted octanol–water partition coefficient (Wildman–Crippen LogP) is 4.90. The number of carbonyl (C=O) groups excluding carboxylic acids is 1. The van der Waals surface area contributed by atoms with E-state index < -0.39 is 5.82 Å². The average Bonchev–Trinajstić information content (AvgIpc) is 2.75. The van der Waals surface area contributed by atoms with Gasteiger partial charge in [-0.25, -0.2) is 14.4 Å². The molecule has 9 heteroatoms. The minimum atomic E-state index is -0.498. The molecule has 1 aromatic heterocycles. The van der Waals surface area contributed by atoms with Crippen LogP contribution in [0.3, 0.4) is 0 Å². The number of hydrogen-bond donors (Lipinski definition) is 1. The van der Waals surface area contributed by atoms with Gasteiger partial charge in [0.2, 0.25) is 0 Å². The molecule has 0 saturated heterocycles. The van der Waals surface area contributed by atoms with Crippen molar-refractivity contribution in [2.24, 2.45) is 0 Å². The second kappa shape index (κ2) is 10.1. The molecule has 1 heterocycles. The lowest BCUT2D eigenvalue weighted by Gasteiger charge is -2.14. The molecule has 0 atom stereocenters. The van der Waals surface area contributed by atoms with Crippen molar-refractivity contribution in [1.29, 1.82) is 0 Å². The quantitative estimate of drug-likeness (QED) is 0.379. The molecule has 0 unspecified atom stereocenters. The zero-order chi connectivity index (χ0) is 21.5. The summed E-state index contributed by atoms with van der Waals surface area (Å²) in [6.45, 7) is 0.406. The largest absolute Gasteiger partial charge is 0.493 e. The van der Waals surface area contributed by atoms with Gasteiger partial charge in [-0.15, -0.1) is 0 Å². The topological polar surface area (TPSA) is 82.6 Å². The zero-order valence-corrected chi connectivity index (χ0v) is 17.3. The lowest BCUT2D eigenvalue weighted by molar-refractivity contribution is -0.140. The fraction of sp³-hybridized carbons (Fsp3) is 0.286. The fourth-order valence-electron chi connectivity index (χ4n) is 2.80. The van der Waals surface area contributed by atoms with Gasteiger partial charge in [-0.05, 0) is 37.1 Å². The molecule has 0 aliphatic rings. The SMILES string of the molecule is COC(=O)CCCCOc1cc2c(Nc3ccc(F)c(Cl)c3)ncnc2cc1OC. The van der Waals surface area contributed by atoms with Crippen molar-refractivity contribution < 1.29 is 23.4 Å². The summed E-state index contributed by atoms with van der Waals surface area (Å²) in [6.07, 6.45) is 3.10. The molecule has 0 spiro atoms. The first-order valence-corrected chi connectivity index (χ1v) is 9.64. The maximum atomic E-state index is 13.4. The number of fused-ring (bicyclic) bond motifs is 1. The summed E-state index contributed by atoms with van der Waals surface area (Å²) >= 11 is 5.86. The number of rotatable bonds is 9. The Balaban J connectivity index is 1.80. The molecule has 30 heavy (non-hydrogen) atoms. The smallest absolute Gasteiger partial charge is 0.305 e. The van der Waals surface area contributed by atoms with Gasteiger partial charge in [0.15, 0.2) is 11.5 Å². The number of halogens is 2. The summed E-state index contributed by atoms with van der Waals surface area (Å²) < 4.78 is 29.3. The summed E-state index contributed by atoms with van der Waals surface area (Å²) in [5.41, 5.74) is 1.23. The van der Waals surface area contributed by atoms with E-state index in [1.165, 1.54) is 25.6 Å². The van der Waals surface area contributed by atoms with Crippen LogP contribution in [0.25, 0.3) is 10.9 Å². The molecular weight excluding hydrogens is 413 g/mol. The van der Waals surface area contributed by atoms with Gasteiger partial charge in [0.1, 0.15) is 18.0 Å². The summed E-state index contributed by atoms with van der Waals surface area (Å²) in [5, 5.41) is 3.83. The van der Waals surface area contributed by atoms with Crippen LogP contribution in [-0.4, -0.2) is 36.8 Å². The van der Waals surface area contributed by atoms with Gasteiger partial charge in [-0.1, -0.05) is 11.6 Å². The third-order valence-electron chi connectivity index (χ3n) is 4.36. The number of aromatic nitrogens is 2. The first-order valence-electron chi connectivity index (χ1n) is 9.26. The van der Waals surface area contributed by atoms with Crippen LogP contribution in [0.4, 0.5) is 15.9 Å². The first kappa shape index (κ1) is 21.6. The van der Waals surface area contributed by atoms with Crippen molar-refractivity contribution in [3.63, 3.8) is 0 Å². The predicted molar refractivity (Wildman–Crippen MR) is 112 cm³/mol. The maximum absolute atomic E-state index is 13.4. The number of anilines is 2. The first-order chi connectivity index (χ1) is 14.5. The van der Waals surface area contributed by atoms with E-state index in [2.05, 4.69) is 20.0 Å². The van der Waals surface area contributed by atoms with Crippen LogP contribution in [0, 0.1) is 5.82 Å². The Labute approximate surface area is 178 Å². The van der Waals surface area contributed by atoms with Crippen LogP contribution in [0.5, 0.6) is 11.5 Å². The van der Waals surface area contributed by atoms with Crippen LogP contribution >= 0.6 is 11.6 Å². The standard InChI is InChI=1S/C21H21ClFN3O4/c1-28-18-11-17-14(10-19(18)30-8-4-3-5-20(27)29-2)21(25-12-24-17)26-13-6-7-16(23)15(22)9-13/h6-7,9-12H,3-5,8H2,1-2H3,(H,24,25,26). The Morgan fingerprint density at radius 2 is 1.97 bits per heavy atom. The van der Waals surface area contributed by atoms with Crippen molar-refractivity contribution in [3.8, 4) is 11.5 Å². The molecule has 1 N–H and O–H groups in total. The number of esters is 1. The molecule has 0 aliphatic carbocycles. The Morgan fingerprint density at radius 3 is 2.70 bits per heavy atom. The molecule has 3 rings (SSSR count). The van der Waals surface area contributed by atoms with Gasteiger partial charge in [0.25, 0.3) is 0 Å². The van der Waals surface area contributed by atoms with Crippen molar-refractivity contribution in [2.75, 3.05) is 26.1 Å². The van der Waals surface area contributed by atoms with E-state index in [0.717, 1.165) is 0 Å². The second-order valence-electron chi connectivity index (χ2n) is 6.38. The van der Waals surface area contributed by atoms with Gasteiger partial charge in [-0.2, -0.15) is 0 Å². The Bertz CT molecular complexity index is 1050. The number of ether oxygens (including phenoxy) is 3. The van der Waals surface area contributed by atoms with Gasteiger partial charge in [0, 0.05) is 23.6 Å². The van der Waals surface area contributed by atoms with E-state index in [9.17, 15) is 9.18 Å². The van der Waals surface area contributed by atoms with E-state index >= 15 is 0 Å². The third-order valence-corrected chi connectivity index (χ3v) is 4.65. The number of unbranched alkanes of at least 4 members (excludes halogenated alkanes) is 1. The van der Waals surface area contributed by atoms with Crippen molar-refractivity contribution >= 4 is 40.0 Å². The Kier molecular flexibility index (Phi) is 7.24. The normalized spacial score (nSPS) is 10.7. The third kappa shape index (κ3) is 5.27. The Hall–Kier alpha value is -3.13. The van der Waals surface area contributed by atoms with Gasteiger partial charge < -0.3 is 19.5 Å². The minimum Gasteiger partial charge on any atom is -0.493 e. The molecule has 158 valence electrons. The van der Waals surface area contributed by atoms with Crippen LogP contribution in [0.1, 0.15) is 19.3 Å². The molecule has 3 aromatic rings. The zero-order valence-electron chi connectivity index (χ0n) is 16.6. The van der Waals surface area contributed by atoms with Crippen LogP contribution < -0.4 is 14.8 Å². The van der Waals surface area contributed by atoms with Gasteiger partial charge in [0.05, 0.1) is 31.4 Å². The summed E-state index contributed by atoms with van der Waals surface area (Å²) in [5.74, 6) is 0.832. The molecule has 0 bridgehead atoms. The molecule has 0 saturated carbocycles. The van der Waals surface area contributed by atoms with E-state index in [1.54, 1.807) is 25.3 Å². The lowest BCUT2D eigenvalue weighted by atomic mass is 10.2. The number of methoxy groups -OCH3 is 2.